The first-order valence-corrected chi connectivity index (χ1v) is 11.3. The van der Waals surface area contributed by atoms with E-state index in [2.05, 4.69) is 14.9 Å². The smallest absolute Gasteiger partial charge is 0.313 e. The third-order valence-corrected chi connectivity index (χ3v) is 7.49. The molecule has 0 spiro atoms. The lowest BCUT2D eigenvalue weighted by atomic mass is 9.90. The number of ether oxygens (including phenoxy) is 1. The minimum absolute atomic E-state index is 0.00901. The predicted molar refractivity (Wildman–Crippen MR) is 111 cm³/mol. The van der Waals surface area contributed by atoms with Gasteiger partial charge in [-0.3, -0.25) is 4.79 Å². The molecule has 0 aromatic carbocycles. The van der Waals surface area contributed by atoms with Gasteiger partial charge in [0.2, 0.25) is 0 Å². The van der Waals surface area contributed by atoms with E-state index in [4.69, 9.17) is 14.8 Å². The standard InChI is InChI=1S/C19H20N4O3S2/c24-13(25)9-27-19-16-15(20-10-21-19)14-11-3-1-2-4-12(11)17(22-18(14)28-16)23-5-7-26-8-6-23/h10H,1-9H2,(H,24,25). The molecule has 3 aromatic heterocycles. The van der Waals surface area contributed by atoms with E-state index in [1.54, 1.807) is 17.7 Å². The van der Waals surface area contributed by atoms with Crippen LogP contribution in [0, 0.1) is 0 Å². The van der Waals surface area contributed by atoms with Gasteiger partial charge in [0, 0.05) is 18.5 Å². The van der Waals surface area contributed by atoms with E-state index in [-0.39, 0.29) is 5.75 Å². The van der Waals surface area contributed by atoms with Crippen molar-refractivity contribution >= 4 is 55.3 Å². The summed E-state index contributed by atoms with van der Waals surface area (Å²) in [7, 11) is 0. The monoisotopic (exact) mass is 416 g/mol. The number of carboxylic acids is 1. The van der Waals surface area contributed by atoms with Crippen molar-refractivity contribution in [3.8, 4) is 0 Å². The van der Waals surface area contributed by atoms with Gasteiger partial charge in [0.25, 0.3) is 0 Å². The molecular formula is C19H20N4O3S2. The fourth-order valence-electron chi connectivity index (χ4n) is 4.09. The number of rotatable bonds is 4. The second kappa shape index (κ2) is 7.46. The summed E-state index contributed by atoms with van der Waals surface area (Å²) in [5, 5.41) is 10.9. The zero-order valence-corrected chi connectivity index (χ0v) is 16.9. The molecule has 1 aliphatic carbocycles. The normalized spacial score (nSPS) is 17.2. The van der Waals surface area contributed by atoms with Crippen LogP contribution >= 0.6 is 23.1 Å². The number of pyridine rings is 1. The second-order valence-corrected chi connectivity index (χ2v) is 8.98. The van der Waals surface area contributed by atoms with E-state index >= 15 is 0 Å². The number of anilines is 1. The van der Waals surface area contributed by atoms with Crippen molar-refractivity contribution in [3.05, 3.63) is 17.5 Å². The fraction of sp³-hybridized carbons (Fsp3) is 0.474. The minimum Gasteiger partial charge on any atom is -0.481 e. The first kappa shape index (κ1) is 18.1. The number of fused-ring (bicyclic) bond motifs is 5. The van der Waals surface area contributed by atoms with Crippen LogP contribution in [0.3, 0.4) is 0 Å². The molecule has 146 valence electrons. The van der Waals surface area contributed by atoms with Gasteiger partial charge in [-0.25, -0.2) is 15.0 Å². The summed E-state index contributed by atoms with van der Waals surface area (Å²) in [5.41, 5.74) is 3.65. The summed E-state index contributed by atoms with van der Waals surface area (Å²) in [4.78, 5) is 28.3. The average molecular weight is 417 g/mol. The van der Waals surface area contributed by atoms with Gasteiger partial charge in [-0.2, -0.15) is 0 Å². The zero-order valence-electron chi connectivity index (χ0n) is 15.3. The maximum absolute atomic E-state index is 11.0. The first-order chi connectivity index (χ1) is 13.7. The number of aliphatic carboxylic acids is 1. The van der Waals surface area contributed by atoms with E-state index in [9.17, 15) is 4.79 Å². The van der Waals surface area contributed by atoms with Crippen molar-refractivity contribution in [3.63, 3.8) is 0 Å². The predicted octanol–water partition coefficient (Wildman–Crippen LogP) is 3.13. The molecule has 1 fully saturated rings. The van der Waals surface area contributed by atoms with Crippen molar-refractivity contribution in [2.45, 2.75) is 30.7 Å². The Morgan fingerprint density at radius 3 is 2.79 bits per heavy atom. The molecular weight excluding hydrogens is 396 g/mol. The largest absolute Gasteiger partial charge is 0.481 e. The molecule has 1 aliphatic heterocycles. The van der Waals surface area contributed by atoms with Gasteiger partial charge in [-0.1, -0.05) is 11.8 Å². The molecule has 0 saturated carbocycles. The van der Waals surface area contributed by atoms with Crippen LogP contribution in [0.4, 0.5) is 5.82 Å². The lowest BCUT2D eigenvalue weighted by Crippen LogP contribution is -2.37. The molecule has 4 heterocycles. The average Bonchev–Trinajstić information content (AvgIpc) is 3.11. The lowest BCUT2D eigenvalue weighted by Gasteiger charge is -2.31. The molecule has 9 heteroatoms. The molecule has 2 aliphatic rings. The molecule has 7 nitrogen and oxygen atoms in total. The van der Waals surface area contributed by atoms with Crippen LogP contribution in [-0.4, -0.2) is 58.1 Å². The maximum Gasteiger partial charge on any atom is 0.313 e. The zero-order chi connectivity index (χ0) is 19.1. The Balaban J connectivity index is 1.71. The maximum atomic E-state index is 11.0. The Morgan fingerprint density at radius 1 is 1.21 bits per heavy atom. The highest BCUT2D eigenvalue weighted by Gasteiger charge is 2.26. The van der Waals surface area contributed by atoms with Gasteiger partial charge in [-0.15, -0.1) is 11.3 Å². The minimum atomic E-state index is -0.844. The number of aryl methyl sites for hydroxylation is 1. The highest BCUT2D eigenvalue weighted by Crippen LogP contribution is 2.43. The number of aromatic nitrogens is 3. The topological polar surface area (TPSA) is 88.4 Å². The number of thiophene rings is 1. The highest BCUT2D eigenvalue weighted by atomic mass is 32.2. The van der Waals surface area contributed by atoms with E-state index < -0.39 is 5.97 Å². The van der Waals surface area contributed by atoms with Crippen LogP contribution in [0.1, 0.15) is 24.0 Å². The Hall–Kier alpha value is -1.97. The number of nitrogens with zero attached hydrogens (tertiary/aromatic N) is 4. The summed E-state index contributed by atoms with van der Waals surface area (Å²) < 4.78 is 6.47. The van der Waals surface area contributed by atoms with Crippen molar-refractivity contribution < 1.29 is 14.6 Å². The lowest BCUT2D eigenvalue weighted by molar-refractivity contribution is -0.133. The summed E-state index contributed by atoms with van der Waals surface area (Å²) in [6, 6.07) is 0. The molecule has 1 saturated heterocycles. The van der Waals surface area contributed by atoms with Gasteiger partial charge in [0.05, 0.1) is 29.2 Å². The van der Waals surface area contributed by atoms with E-state index in [1.807, 2.05) is 0 Å². The quantitative estimate of drug-likeness (QED) is 0.513. The molecule has 0 amide bonds. The van der Waals surface area contributed by atoms with Crippen molar-refractivity contribution in [1.29, 1.82) is 0 Å². The van der Waals surface area contributed by atoms with Crippen LogP contribution in [0.5, 0.6) is 0 Å². The molecule has 0 unspecified atom stereocenters. The Bertz CT molecular complexity index is 1060. The number of hydrogen-bond donors (Lipinski definition) is 1. The van der Waals surface area contributed by atoms with Crippen molar-refractivity contribution in [1.82, 2.24) is 15.0 Å². The fourth-order valence-corrected chi connectivity index (χ4v) is 6.04. The molecule has 5 rings (SSSR count). The van der Waals surface area contributed by atoms with E-state index in [0.29, 0.717) is 0 Å². The third kappa shape index (κ3) is 3.11. The van der Waals surface area contributed by atoms with Crippen LogP contribution in [0.15, 0.2) is 11.4 Å². The van der Waals surface area contributed by atoms with Gasteiger partial charge >= 0.3 is 5.97 Å². The van der Waals surface area contributed by atoms with Crippen LogP contribution in [0.25, 0.3) is 20.4 Å². The first-order valence-electron chi connectivity index (χ1n) is 9.48. The second-order valence-electron chi connectivity index (χ2n) is 7.02. The summed E-state index contributed by atoms with van der Waals surface area (Å²) in [6.45, 7) is 3.22. The third-order valence-electron chi connectivity index (χ3n) is 5.31. The molecule has 0 bridgehead atoms. The van der Waals surface area contributed by atoms with E-state index in [0.717, 1.165) is 70.4 Å². The Morgan fingerprint density at radius 2 is 2.00 bits per heavy atom. The van der Waals surface area contributed by atoms with Crippen LogP contribution in [-0.2, 0) is 22.4 Å². The summed E-state index contributed by atoms with van der Waals surface area (Å²) in [5.74, 6) is 0.248. The Kier molecular flexibility index (Phi) is 4.82. The van der Waals surface area contributed by atoms with Crippen LogP contribution < -0.4 is 4.90 Å². The Labute approximate surface area is 170 Å². The van der Waals surface area contributed by atoms with E-state index in [1.165, 1.54) is 35.7 Å². The van der Waals surface area contributed by atoms with Gasteiger partial charge < -0.3 is 14.7 Å². The van der Waals surface area contributed by atoms with Crippen molar-refractivity contribution in [2.75, 3.05) is 37.0 Å². The summed E-state index contributed by atoms with van der Waals surface area (Å²) >= 11 is 2.83. The SMILES string of the molecule is O=C(O)CSc1ncnc2c1sc1nc(N3CCOCC3)c3c(c12)CCCC3. The molecule has 1 N–H and O–H groups in total. The van der Waals surface area contributed by atoms with Crippen LogP contribution in [0.2, 0.25) is 0 Å². The number of morpholine rings is 1. The number of thioether (sulfide) groups is 1. The van der Waals surface area contributed by atoms with Gasteiger partial charge in [0.15, 0.2) is 0 Å². The molecule has 0 atom stereocenters. The highest BCUT2D eigenvalue weighted by molar-refractivity contribution is 8.00. The van der Waals surface area contributed by atoms with Crippen molar-refractivity contribution in [2.24, 2.45) is 0 Å². The van der Waals surface area contributed by atoms with Gasteiger partial charge in [-0.05, 0) is 36.8 Å². The molecule has 0 radical (unpaired) electrons. The molecule has 28 heavy (non-hydrogen) atoms. The van der Waals surface area contributed by atoms with Gasteiger partial charge in [0.1, 0.15) is 22.0 Å². The molecule has 3 aromatic rings. The summed E-state index contributed by atoms with van der Waals surface area (Å²) in [6.07, 6.45) is 6.00. The number of carbonyl (C=O) groups is 1. The number of carboxylic acid groups (broad SMARTS) is 1. The number of hydrogen-bond acceptors (Lipinski definition) is 8.